The van der Waals surface area contributed by atoms with Crippen LogP contribution >= 0.6 is 11.6 Å². The number of rotatable bonds is 5. The summed E-state index contributed by atoms with van der Waals surface area (Å²) in [6, 6.07) is 12.7. The van der Waals surface area contributed by atoms with Crippen molar-refractivity contribution in [2.75, 3.05) is 19.8 Å². The lowest BCUT2D eigenvalue weighted by atomic mass is 9.94. The van der Waals surface area contributed by atoms with Crippen molar-refractivity contribution in [3.8, 4) is 0 Å². The van der Waals surface area contributed by atoms with Crippen LogP contribution in [0.5, 0.6) is 0 Å². The van der Waals surface area contributed by atoms with Gasteiger partial charge in [-0.1, -0.05) is 35.9 Å². The molecule has 9 heteroatoms. The summed E-state index contributed by atoms with van der Waals surface area (Å²) >= 11 is 5.89. The van der Waals surface area contributed by atoms with Crippen molar-refractivity contribution in [1.29, 1.82) is 0 Å². The molecule has 7 nitrogen and oxygen atoms in total. The summed E-state index contributed by atoms with van der Waals surface area (Å²) in [5, 5.41) is 13.8. The van der Waals surface area contributed by atoms with Crippen LogP contribution in [0.4, 0.5) is 4.39 Å². The van der Waals surface area contributed by atoms with E-state index >= 15 is 0 Å². The molecule has 0 spiro atoms. The quantitative estimate of drug-likeness (QED) is 0.673. The van der Waals surface area contributed by atoms with Crippen LogP contribution in [-0.2, 0) is 20.8 Å². The minimum absolute atomic E-state index is 0.0178. The van der Waals surface area contributed by atoms with Gasteiger partial charge in [0.1, 0.15) is 11.9 Å². The van der Waals surface area contributed by atoms with Crippen LogP contribution in [-0.4, -0.2) is 65.9 Å². The average molecular weight is 491 g/mol. The van der Waals surface area contributed by atoms with Crippen molar-refractivity contribution < 1.29 is 28.6 Å². The maximum Gasteiger partial charge on any atom is 0.257 e. The van der Waals surface area contributed by atoms with Gasteiger partial charge < -0.3 is 24.8 Å². The fraction of sp³-hybridized carbons (Fsp3) is 0.440. The Morgan fingerprint density at radius 3 is 2.65 bits per heavy atom. The van der Waals surface area contributed by atoms with E-state index in [0.717, 1.165) is 5.56 Å². The number of fused-ring (bicyclic) bond motifs is 1. The summed E-state index contributed by atoms with van der Waals surface area (Å²) in [7, 11) is 0. The number of hydrogen-bond acceptors (Lipinski definition) is 5. The van der Waals surface area contributed by atoms with Gasteiger partial charge in [-0.3, -0.25) is 9.59 Å². The smallest absolute Gasteiger partial charge is 0.257 e. The number of halogens is 2. The normalized spacial score (nSPS) is 25.1. The Hall–Kier alpha value is -2.52. The maximum absolute atomic E-state index is 14.3. The predicted molar refractivity (Wildman–Crippen MR) is 124 cm³/mol. The summed E-state index contributed by atoms with van der Waals surface area (Å²) in [5.41, 5.74) is 0.898. The van der Waals surface area contributed by atoms with Gasteiger partial charge in [0.05, 0.1) is 43.4 Å². The van der Waals surface area contributed by atoms with E-state index in [1.165, 1.54) is 23.1 Å². The van der Waals surface area contributed by atoms with Crippen LogP contribution < -0.4 is 5.32 Å². The van der Waals surface area contributed by atoms with Crippen molar-refractivity contribution in [2.24, 2.45) is 0 Å². The molecule has 4 atom stereocenters. The molecule has 4 rings (SSSR count). The fourth-order valence-corrected chi connectivity index (χ4v) is 4.57. The van der Waals surface area contributed by atoms with Gasteiger partial charge in [-0.05, 0) is 42.7 Å². The Kier molecular flexibility index (Phi) is 8.15. The van der Waals surface area contributed by atoms with Crippen molar-refractivity contribution in [1.82, 2.24) is 10.2 Å². The molecule has 0 radical (unpaired) electrons. The van der Waals surface area contributed by atoms with Crippen molar-refractivity contribution in [3.05, 3.63) is 70.5 Å². The Bertz CT molecular complexity index is 1010. The molecule has 0 aliphatic carbocycles. The lowest BCUT2D eigenvalue weighted by Gasteiger charge is -2.44. The minimum Gasteiger partial charge on any atom is -0.389 e. The molecule has 0 unspecified atom stereocenters. The van der Waals surface area contributed by atoms with Crippen LogP contribution in [0.25, 0.3) is 0 Å². The first-order valence-electron chi connectivity index (χ1n) is 11.4. The highest BCUT2D eigenvalue weighted by Crippen LogP contribution is 2.29. The Balaban J connectivity index is 1.39. The zero-order valence-electron chi connectivity index (χ0n) is 18.7. The highest BCUT2D eigenvalue weighted by Gasteiger charge is 2.40. The summed E-state index contributed by atoms with van der Waals surface area (Å²) in [4.78, 5) is 27.2. The number of aliphatic hydroxyl groups excluding tert-OH is 1. The summed E-state index contributed by atoms with van der Waals surface area (Å²) in [6.45, 7) is 0.621. The summed E-state index contributed by atoms with van der Waals surface area (Å²) in [5.74, 6) is -1.24. The second kappa shape index (κ2) is 11.3. The van der Waals surface area contributed by atoms with Gasteiger partial charge in [0.2, 0.25) is 5.91 Å². The number of nitrogens with one attached hydrogen (secondary N) is 1. The van der Waals surface area contributed by atoms with Crippen LogP contribution in [0.1, 0.15) is 35.2 Å². The first kappa shape index (κ1) is 24.6. The summed E-state index contributed by atoms with van der Waals surface area (Å²) < 4.78 is 26.1. The second-order valence-electron chi connectivity index (χ2n) is 8.68. The van der Waals surface area contributed by atoms with E-state index in [0.29, 0.717) is 24.4 Å². The number of carbonyl (C=O) groups is 2. The molecule has 2 aromatic rings. The number of ether oxygens (including phenoxy) is 2. The van der Waals surface area contributed by atoms with Crippen LogP contribution in [0.3, 0.4) is 0 Å². The molecular weight excluding hydrogens is 463 g/mol. The van der Waals surface area contributed by atoms with E-state index in [1.807, 2.05) is 12.1 Å². The second-order valence-corrected chi connectivity index (χ2v) is 9.11. The molecule has 2 N–H and O–H groups in total. The molecule has 0 bridgehead atoms. The number of nitrogens with zero attached hydrogens (tertiary/aromatic N) is 1. The summed E-state index contributed by atoms with van der Waals surface area (Å²) in [6.07, 6.45) is -0.410. The minimum atomic E-state index is -0.881. The number of benzene rings is 2. The number of carbonyl (C=O) groups excluding carboxylic acids is 2. The lowest BCUT2D eigenvalue weighted by molar-refractivity contribution is -0.151. The Morgan fingerprint density at radius 2 is 1.88 bits per heavy atom. The average Bonchev–Trinajstić information content (AvgIpc) is 2.81. The number of β-amino-alcohol motifs (C(OH)–C–C–N with tert-alkyl or cyclic N) is 1. The van der Waals surface area contributed by atoms with E-state index in [9.17, 15) is 19.1 Å². The van der Waals surface area contributed by atoms with Gasteiger partial charge >= 0.3 is 0 Å². The molecular formula is C25H28ClFN2O5. The maximum atomic E-state index is 14.3. The van der Waals surface area contributed by atoms with E-state index in [-0.39, 0.29) is 43.8 Å². The molecule has 2 amide bonds. The molecule has 2 heterocycles. The van der Waals surface area contributed by atoms with Gasteiger partial charge in [-0.25, -0.2) is 4.39 Å². The predicted octanol–water partition coefficient (Wildman–Crippen LogP) is 2.94. The molecule has 0 aromatic heterocycles. The van der Waals surface area contributed by atoms with Crippen LogP contribution in [0.2, 0.25) is 5.02 Å². The third-order valence-electron chi connectivity index (χ3n) is 6.16. The molecule has 34 heavy (non-hydrogen) atoms. The van der Waals surface area contributed by atoms with Gasteiger partial charge in [-0.15, -0.1) is 0 Å². The third-order valence-corrected chi connectivity index (χ3v) is 6.41. The van der Waals surface area contributed by atoms with Crippen LogP contribution in [0, 0.1) is 5.82 Å². The van der Waals surface area contributed by atoms with Crippen molar-refractivity contribution in [3.63, 3.8) is 0 Å². The number of aliphatic hydroxyl groups is 1. The molecule has 2 fully saturated rings. The van der Waals surface area contributed by atoms with Gasteiger partial charge in [-0.2, -0.15) is 0 Å². The van der Waals surface area contributed by atoms with E-state index in [2.05, 4.69) is 5.32 Å². The van der Waals surface area contributed by atoms with E-state index in [1.54, 1.807) is 18.2 Å². The van der Waals surface area contributed by atoms with Gasteiger partial charge in [0, 0.05) is 18.1 Å². The first-order valence-corrected chi connectivity index (χ1v) is 11.8. The molecule has 2 aliphatic rings. The first-order chi connectivity index (χ1) is 16.4. The highest BCUT2D eigenvalue weighted by atomic mass is 35.5. The number of amides is 2. The standard InChI is InChI=1S/C25H28ClFN2O5/c26-17-7-5-16(6-8-17)12-28-24(31)11-19-9-10-22-23(34-19)15-33-14-18(30)13-29(22)25(32)20-3-1-2-4-21(20)27/h1-8,18-19,22-23,30H,9-15H2,(H,28,31)/t18-,19+,22+,23-/m0/s1. The Labute approximate surface area is 202 Å². The van der Waals surface area contributed by atoms with Crippen LogP contribution in [0.15, 0.2) is 48.5 Å². The topological polar surface area (TPSA) is 88.1 Å². The van der Waals surface area contributed by atoms with E-state index < -0.39 is 30.0 Å². The molecule has 2 aromatic carbocycles. The molecule has 2 saturated heterocycles. The highest BCUT2D eigenvalue weighted by molar-refractivity contribution is 6.30. The largest absolute Gasteiger partial charge is 0.389 e. The van der Waals surface area contributed by atoms with E-state index in [4.69, 9.17) is 21.1 Å². The lowest BCUT2D eigenvalue weighted by Crippen LogP contribution is -2.57. The van der Waals surface area contributed by atoms with Crippen molar-refractivity contribution in [2.45, 2.75) is 50.2 Å². The molecule has 2 aliphatic heterocycles. The monoisotopic (exact) mass is 490 g/mol. The SMILES string of the molecule is O=C(C[C@H]1CC[C@@H]2[C@H](COC[C@@H](O)CN2C(=O)c2ccccc2F)O1)NCc1ccc(Cl)cc1. The van der Waals surface area contributed by atoms with Gasteiger partial charge in [0.25, 0.3) is 5.91 Å². The number of hydrogen-bond donors (Lipinski definition) is 2. The molecule has 182 valence electrons. The Morgan fingerprint density at radius 1 is 1.12 bits per heavy atom. The van der Waals surface area contributed by atoms with Gasteiger partial charge in [0.15, 0.2) is 0 Å². The zero-order chi connectivity index (χ0) is 24.1. The third kappa shape index (κ3) is 6.13. The van der Waals surface area contributed by atoms with Crippen molar-refractivity contribution >= 4 is 23.4 Å². The molecule has 0 saturated carbocycles. The fourth-order valence-electron chi connectivity index (χ4n) is 4.45. The zero-order valence-corrected chi connectivity index (χ0v) is 19.4.